The summed E-state index contributed by atoms with van der Waals surface area (Å²) in [6.07, 6.45) is 0. The lowest BCUT2D eigenvalue weighted by atomic mass is 10.2. The highest BCUT2D eigenvalue weighted by molar-refractivity contribution is 5.92. The molecule has 86 valence electrons. The summed E-state index contributed by atoms with van der Waals surface area (Å²) >= 11 is 0. The van der Waals surface area contributed by atoms with Crippen molar-refractivity contribution in [3.05, 3.63) is 0 Å². The van der Waals surface area contributed by atoms with Gasteiger partial charge in [0.2, 0.25) is 11.8 Å². The van der Waals surface area contributed by atoms with Crippen LogP contribution in [0.15, 0.2) is 0 Å². The summed E-state index contributed by atoms with van der Waals surface area (Å²) in [5.41, 5.74) is 5.13. The zero-order valence-corrected chi connectivity index (χ0v) is 9.16. The van der Waals surface area contributed by atoms with E-state index in [1.807, 2.05) is 0 Å². The molecule has 0 saturated carbocycles. The number of carbonyl (C=O) groups is 3. The van der Waals surface area contributed by atoms with Crippen molar-refractivity contribution in [3.8, 4) is 0 Å². The zero-order chi connectivity index (χ0) is 12.0. The number of ketones is 1. The van der Waals surface area contributed by atoms with E-state index in [4.69, 9.17) is 5.73 Å². The lowest BCUT2D eigenvalue weighted by Crippen LogP contribution is -2.49. The van der Waals surface area contributed by atoms with Crippen LogP contribution in [0.4, 0.5) is 0 Å². The van der Waals surface area contributed by atoms with Gasteiger partial charge >= 0.3 is 0 Å². The molecule has 0 unspecified atom stereocenters. The third-order valence-corrected chi connectivity index (χ3v) is 1.86. The van der Waals surface area contributed by atoms with Crippen LogP contribution < -0.4 is 16.4 Å². The van der Waals surface area contributed by atoms with E-state index >= 15 is 0 Å². The summed E-state index contributed by atoms with van der Waals surface area (Å²) in [7, 11) is 0. The van der Waals surface area contributed by atoms with Crippen LogP contribution in [0, 0.1) is 0 Å². The van der Waals surface area contributed by atoms with E-state index in [-0.39, 0.29) is 18.2 Å². The number of hydrogen-bond donors (Lipinski definition) is 3. The second-order valence-corrected chi connectivity index (χ2v) is 3.32. The number of hydrogen-bond acceptors (Lipinski definition) is 4. The number of carbonyl (C=O) groups excluding carboxylic acids is 3. The molecule has 2 amide bonds. The minimum Gasteiger partial charge on any atom is -0.345 e. The highest BCUT2D eigenvalue weighted by Crippen LogP contribution is 1.87. The van der Waals surface area contributed by atoms with Crippen LogP contribution in [0.1, 0.15) is 20.8 Å². The van der Waals surface area contributed by atoms with Gasteiger partial charge in [-0.15, -0.1) is 0 Å². The molecule has 0 saturated heterocycles. The van der Waals surface area contributed by atoms with Gasteiger partial charge in [0, 0.05) is 6.92 Å². The summed E-state index contributed by atoms with van der Waals surface area (Å²) in [6.45, 7) is 4.29. The topological polar surface area (TPSA) is 101 Å². The van der Waals surface area contributed by atoms with Gasteiger partial charge in [-0.3, -0.25) is 14.4 Å². The van der Waals surface area contributed by atoms with Gasteiger partial charge in [0.05, 0.1) is 12.6 Å². The molecule has 0 bridgehead atoms. The molecule has 0 aliphatic rings. The van der Waals surface area contributed by atoms with Crippen molar-refractivity contribution in [3.63, 3.8) is 0 Å². The summed E-state index contributed by atoms with van der Waals surface area (Å²) in [5, 5.41) is 4.86. The molecule has 6 nitrogen and oxygen atoms in total. The zero-order valence-electron chi connectivity index (χ0n) is 9.16. The van der Waals surface area contributed by atoms with Gasteiger partial charge in [0.15, 0.2) is 5.78 Å². The van der Waals surface area contributed by atoms with Gasteiger partial charge in [-0.25, -0.2) is 0 Å². The largest absolute Gasteiger partial charge is 0.345 e. The molecule has 15 heavy (non-hydrogen) atoms. The van der Waals surface area contributed by atoms with E-state index in [0.29, 0.717) is 0 Å². The van der Waals surface area contributed by atoms with Gasteiger partial charge in [0.25, 0.3) is 0 Å². The van der Waals surface area contributed by atoms with Gasteiger partial charge < -0.3 is 16.4 Å². The van der Waals surface area contributed by atoms with Crippen LogP contribution in [-0.4, -0.2) is 36.2 Å². The molecule has 0 rings (SSSR count). The molecular formula is C9H17N3O3. The Hall–Kier alpha value is -1.43. The van der Waals surface area contributed by atoms with Gasteiger partial charge in [-0.1, -0.05) is 0 Å². The number of rotatable bonds is 5. The van der Waals surface area contributed by atoms with Crippen LogP contribution in [0.2, 0.25) is 0 Å². The average molecular weight is 215 g/mol. The van der Waals surface area contributed by atoms with Gasteiger partial charge in [-0.2, -0.15) is 0 Å². The van der Waals surface area contributed by atoms with Crippen LogP contribution in [0.5, 0.6) is 0 Å². The molecule has 4 N–H and O–H groups in total. The Bertz CT molecular complexity index is 265. The molecule has 6 heteroatoms. The van der Waals surface area contributed by atoms with Crippen LogP contribution in [-0.2, 0) is 14.4 Å². The Morgan fingerprint density at radius 2 is 1.67 bits per heavy atom. The molecule has 0 spiro atoms. The van der Waals surface area contributed by atoms with Crippen LogP contribution in [0.3, 0.4) is 0 Å². The molecule has 0 heterocycles. The first kappa shape index (κ1) is 13.6. The Morgan fingerprint density at radius 1 is 1.13 bits per heavy atom. The highest BCUT2D eigenvalue weighted by atomic mass is 16.2. The summed E-state index contributed by atoms with van der Waals surface area (Å²) in [4.78, 5) is 33.1. The van der Waals surface area contributed by atoms with Crippen molar-refractivity contribution in [2.24, 2.45) is 5.73 Å². The normalized spacial score (nSPS) is 13.9. The van der Waals surface area contributed by atoms with Crippen molar-refractivity contribution < 1.29 is 14.4 Å². The Morgan fingerprint density at radius 3 is 2.07 bits per heavy atom. The molecular weight excluding hydrogens is 198 g/mol. The minimum atomic E-state index is -0.657. The number of nitrogens with one attached hydrogen (secondary N) is 2. The molecule has 0 aliphatic carbocycles. The first-order valence-corrected chi connectivity index (χ1v) is 4.68. The lowest BCUT2D eigenvalue weighted by Gasteiger charge is -2.16. The highest BCUT2D eigenvalue weighted by Gasteiger charge is 2.18. The summed E-state index contributed by atoms with van der Waals surface area (Å²) in [5.74, 6) is -0.951. The number of nitrogens with two attached hydrogens (primary N) is 1. The Balaban J connectivity index is 4.12. The van der Waals surface area contributed by atoms with E-state index in [1.54, 1.807) is 6.92 Å². The Labute approximate surface area is 88.6 Å². The molecule has 0 aliphatic heterocycles. The van der Waals surface area contributed by atoms with E-state index in [2.05, 4.69) is 10.6 Å². The van der Waals surface area contributed by atoms with Crippen molar-refractivity contribution in [2.45, 2.75) is 32.9 Å². The molecule has 0 aromatic carbocycles. The summed E-state index contributed by atoms with van der Waals surface area (Å²) in [6, 6.07) is -1.28. The maximum atomic E-state index is 11.4. The van der Waals surface area contributed by atoms with E-state index in [9.17, 15) is 14.4 Å². The van der Waals surface area contributed by atoms with E-state index in [1.165, 1.54) is 13.8 Å². The SMILES string of the molecule is CC(=O)N[C@@H](C)C(=O)N[C@@H](C)C(=O)CN. The third kappa shape index (κ3) is 5.11. The second-order valence-electron chi connectivity index (χ2n) is 3.32. The predicted octanol–water partition coefficient (Wildman–Crippen LogP) is -1.46. The number of Topliss-reactive ketones (excluding diaryl/α,β-unsaturated/α-hetero) is 1. The van der Waals surface area contributed by atoms with Crippen molar-refractivity contribution in [2.75, 3.05) is 6.54 Å². The van der Waals surface area contributed by atoms with Crippen LogP contribution in [0.25, 0.3) is 0 Å². The van der Waals surface area contributed by atoms with E-state index < -0.39 is 18.0 Å². The standard InChI is InChI=1S/C9H17N3O3/c1-5(8(14)4-10)12-9(15)6(2)11-7(3)13/h5-6H,4,10H2,1-3H3,(H,11,13)(H,12,15)/t5-,6-/m0/s1. The average Bonchev–Trinajstić information content (AvgIpc) is 2.15. The smallest absolute Gasteiger partial charge is 0.242 e. The fourth-order valence-electron chi connectivity index (χ4n) is 0.966. The molecule has 0 radical (unpaired) electrons. The van der Waals surface area contributed by atoms with Crippen molar-refractivity contribution in [1.82, 2.24) is 10.6 Å². The molecule has 0 aromatic rings. The maximum Gasteiger partial charge on any atom is 0.242 e. The molecule has 2 atom stereocenters. The quantitative estimate of drug-likeness (QED) is 0.522. The van der Waals surface area contributed by atoms with Crippen LogP contribution >= 0.6 is 0 Å². The fourth-order valence-corrected chi connectivity index (χ4v) is 0.966. The van der Waals surface area contributed by atoms with Crippen molar-refractivity contribution >= 4 is 17.6 Å². The molecule has 0 aromatic heterocycles. The Kier molecular flexibility index (Phi) is 5.54. The monoisotopic (exact) mass is 215 g/mol. The number of amides is 2. The van der Waals surface area contributed by atoms with Crippen molar-refractivity contribution in [1.29, 1.82) is 0 Å². The first-order chi connectivity index (χ1) is 6.88. The summed E-state index contributed by atoms with van der Waals surface area (Å²) < 4.78 is 0. The third-order valence-electron chi connectivity index (χ3n) is 1.86. The lowest BCUT2D eigenvalue weighted by molar-refractivity contribution is -0.130. The second kappa shape index (κ2) is 6.13. The minimum absolute atomic E-state index is 0.115. The first-order valence-electron chi connectivity index (χ1n) is 4.68. The van der Waals surface area contributed by atoms with Gasteiger partial charge in [-0.05, 0) is 13.8 Å². The predicted molar refractivity (Wildman–Crippen MR) is 54.9 cm³/mol. The fraction of sp³-hybridized carbons (Fsp3) is 0.667. The maximum absolute atomic E-state index is 11.4. The van der Waals surface area contributed by atoms with E-state index in [0.717, 1.165) is 0 Å². The molecule has 0 fully saturated rings. The van der Waals surface area contributed by atoms with Gasteiger partial charge in [0.1, 0.15) is 6.04 Å².